The molecule has 0 saturated heterocycles. The smallest absolute Gasteiger partial charge is 0.291 e. The van der Waals surface area contributed by atoms with Crippen molar-refractivity contribution in [3.05, 3.63) is 83.1 Å². The van der Waals surface area contributed by atoms with Crippen LogP contribution in [-0.2, 0) is 13.1 Å². The molecule has 0 atom stereocenters. The molecule has 0 radical (unpaired) electrons. The van der Waals surface area contributed by atoms with Crippen molar-refractivity contribution in [1.82, 2.24) is 25.1 Å². The van der Waals surface area contributed by atoms with E-state index in [0.29, 0.717) is 18.9 Å². The second kappa shape index (κ2) is 7.71. The summed E-state index contributed by atoms with van der Waals surface area (Å²) in [7, 11) is 0. The number of pyridine rings is 1. The Balaban J connectivity index is 1.43. The Hall–Kier alpha value is -3.74. The molecule has 0 bridgehead atoms. The molecule has 0 aliphatic rings. The second-order valence-corrected chi connectivity index (χ2v) is 7.06. The molecule has 2 heterocycles. The number of rotatable bonds is 5. The van der Waals surface area contributed by atoms with Crippen LogP contribution in [0.25, 0.3) is 10.8 Å². The monoisotopic (exact) mass is 386 g/mol. The van der Waals surface area contributed by atoms with E-state index in [0.717, 1.165) is 22.4 Å². The SMILES string of the molecule is Cc1cc(N)nc(C)c1CNC(=O)c1ncn(Cc2ccc3ccccc3c2)n1. The zero-order chi connectivity index (χ0) is 20.4. The number of nitrogens with zero attached hydrogens (tertiary/aromatic N) is 4. The lowest BCUT2D eigenvalue weighted by atomic mass is 10.1. The summed E-state index contributed by atoms with van der Waals surface area (Å²) in [4.78, 5) is 20.9. The Bertz CT molecular complexity index is 1170. The van der Waals surface area contributed by atoms with Gasteiger partial charge in [-0.1, -0.05) is 36.4 Å². The van der Waals surface area contributed by atoms with Crippen LogP contribution >= 0.6 is 0 Å². The van der Waals surface area contributed by atoms with Crippen molar-refractivity contribution in [2.45, 2.75) is 26.9 Å². The number of amides is 1. The number of carbonyl (C=O) groups excluding carboxylic acids is 1. The topological polar surface area (TPSA) is 98.7 Å². The third-order valence-electron chi connectivity index (χ3n) is 4.90. The summed E-state index contributed by atoms with van der Waals surface area (Å²) in [6.45, 7) is 4.72. The fraction of sp³-hybridized carbons (Fsp3) is 0.182. The van der Waals surface area contributed by atoms with Gasteiger partial charge in [0, 0.05) is 12.2 Å². The van der Waals surface area contributed by atoms with Crippen molar-refractivity contribution in [2.24, 2.45) is 0 Å². The first-order chi connectivity index (χ1) is 14.0. The summed E-state index contributed by atoms with van der Waals surface area (Å²) in [5, 5.41) is 9.54. The van der Waals surface area contributed by atoms with E-state index in [-0.39, 0.29) is 11.7 Å². The molecule has 0 spiro atoms. The van der Waals surface area contributed by atoms with E-state index in [1.807, 2.05) is 26.0 Å². The molecule has 4 rings (SSSR count). The van der Waals surface area contributed by atoms with Crippen LogP contribution in [0.15, 0.2) is 54.9 Å². The van der Waals surface area contributed by atoms with Gasteiger partial charge in [0.05, 0.1) is 6.54 Å². The summed E-state index contributed by atoms with van der Waals surface area (Å²) in [5.74, 6) is 0.298. The molecule has 4 aromatic rings. The molecule has 2 aromatic heterocycles. The van der Waals surface area contributed by atoms with E-state index < -0.39 is 0 Å². The van der Waals surface area contributed by atoms with Crippen LogP contribution in [0.5, 0.6) is 0 Å². The molecule has 0 unspecified atom stereocenters. The lowest BCUT2D eigenvalue weighted by molar-refractivity contribution is 0.0940. The minimum Gasteiger partial charge on any atom is -0.384 e. The highest BCUT2D eigenvalue weighted by molar-refractivity contribution is 5.90. The van der Waals surface area contributed by atoms with Crippen LogP contribution in [0, 0.1) is 13.8 Å². The maximum Gasteiger partial charge on any atom is 0.291 e. The number of carbonyl (C=O) groups is 1. The Morgan fingerprint density at radius 1 is 1.10 bits per heavy atom. The number of benzene rings is 2. The Morgan fingerprint density at radius 3 is 2.69 bits per heavy atom. The summed E-state index contributed by atoms with van der Waals surface area (Å²) < 4.78 is 1.67. The molecular weight excluding hydrogens is 364 g/mol. The van der Waals surface area contributed by atoms with Crippen molar-refractivity contribution in [2.75, 3.05) is 5.73 Å². The third-order valence-corrected chi connectivity index (χ3v) is 4.90. The highest BCUT2D eigenvalue weighted by atomic mass is 16.2. The Kier molecular flexibility index (Phi) is 4.95. The molecule has 7 heteroatoms. The molecule has 0 aliphatic carbocycles. The number of nitrogen functional groups attached to an aromatic ring is 1. The van der Waals surface area contributed by atoms with Gasteiger partial charge < -0.3 is 11.1 Å². The standard InChI is InChI=1S/C22H22N6O/c1-14-9-20(23)26-15(2)19(14)11-24-22(29)21-25-13-28(27-21)12-16-7-8-17-5-3-4-6-18(17)10-16/h3-10,13H,11-12H2,1-2H3,(H2,23,26)(H,24,29). The maximum absolute atomic E-state index is 12.5. The van der Waals surface area contributed by atoms with E-state index in [9.17, 15) is 4.79 Å². The molecule has 7 nitrogen and oxygen atoms in total. The molecule has 0 saturated carbocycles. The van der Waals surface area contributed by atoms with Gasteiger partial charge >= 0.3 is 0 Å². The zero-order valence-electron chi connectivity index (χ0n) is 16.4. The number of nitrogens with one attached hydrogen (secondary N) is 1. The minimum atomic E-state index is -0.321. The van der Waals surface area contributed by atoms with Crippen molar-refractivity contribution in [3.8, 4) is 0 Å². The van der Waals surface area contributed by atoms with Crippen molar-refractivity contribution in [3.63, 3.8) is 0 Å². The van der Waals surface area contributed by atoms with Crippen LogP contribution < -0.4 is 11.1 Å². The first-order valence-electron chi connectivity index (χ1n) is 9.37. The predicted octanol–water partition coefficient (Wildman–Crippen LogP) is 3.00. The van der Waals surface area contributed by atoms with Crippen LogP contribution in [0.4, 0.5) is 5.82 Å². The van der Waals surface area contributed by atoms with E-state index >= 15 is 0 Å². The molecule has 0 aliphatic heterocycles. The highest BCUT2D eigenvalue weighted by Gasteiger charge is 2.13. The van der Waals surface area contributed by atoms with Crippen molar-refractivity contribution >= 4 is 22.5 Å². The molecule has 3 N–H and O–H groups in total. The van der Waals surface area contributed by atoms with E-state index in [2.05, 4.69) is 50.7 Å². The predicted molar refractivity (Wildman–Crippen MR) is 112 cm³/mol. The van der Waals surface area contributed by atoms with Crippen LogP contribution in [0.3, 0.4) is 0 Å². The van der Waals surface area contributed by atoms with E-state index in [1.165, 1.54) is 10.8 Å². The van der Waals surface area contributed by atoms with Crippen LogP contribution in [0.2, 0.25) is 0 Å². The van der Waals surface area contributed by atoms with Gasteiger partial charge in [-0.05, 0) is 53.4 Å². The number of fused-ring (bicyclic) bond motifs is 1. The molecular formula is C22H22N6O. The summed E-state index contributed by atoms with van der Waals surface area (Å²) >= 11 is 0. The molecule has 1 amide bonds. The minimum absolute atomic E-state index is 0.143. The summed E-state index contributed by atoms with van der Waals surface area (Å²) in [5.41, 5.74) is 9.59. The first kappa shape index (κ1) is 18.6. The van der Waals surface area contributed by atoms with Gasteiger partial charge in [-0.15, -0.1) is 5.10 Å². The summed E-state index contributed by atoms with van der Waals surface area (Å²) in [6, 6.07) is 16.3. The van der Waals surface area contributed by atoms with Gasteiger partial charge in [0.25, 0.3) is 5.91 Å². The van der Waals surface area contributed by atoms with Crippen molar-refractivity contribution < 1.29 is 4.79 Å². The van der Waals surface area contributed by atoms with Crippen LogP contribution in [0.1, 0.15) is 33.0 Å². The fourth-order valence-electron chi connectivity index (χ4n) is 3.40. The molecule has 2 aromatic carbocycles. The number of nitrogens with two attached hydrogens (primary N) is 1. The van der Waals surface area contributed by atoms with Gasteiger partial charge in [0.15, 0.2) is 0 Å². The molecule has 146 valence electrons. The second-order valence-electron chi connectivity index (χ2n) is 7.06. The number of anilines is 1. The number of aromatic nitrogens is 4. The van der Waals surface area contributed by atoms with Gasteiger partial charge in [-0.2, -0.15) is 0 Å². The molecule has 0 fully saturated rings. The van der Waals surface area contributed by atoms with Gasteiger partial charge in [0.1, 0.15) is 12.1 Å². The lowest BCUT2D eigenvalue weighted by Gasteiger charge is -2.10. The average Bonchev–Trinajstić information content (AvgIpc) is 3.15. The summed E-state index contributed by atoms with van der Waals surface area (Å²) in [6.07, 6.45) is 1.57. The van der Waals surface area contributed by atoms with Gasteiger partial charge in [-0.3, -0.25) is 4.79 Å². The molecule has 29 heavy (non-hydrogen) atoms. The number of hydrogen-bond acceptors (Lipinski definition) is 5. The van der Waals surface area contributed by atoms with E-state index in [1.54, 1.807) is 17.1 Å². The highest BCUT2D eigenvalue weighted by Crippen LogP contribution is 2.16. The lowest BCUT2D eigenvalue weighted by Crippen LogP contribution is -2.25. The van der Waals surface area contributed by atoms with Crippen LogP contribution in [-0.4, -0.2) is 25.7 Å². The number of hydrogen-bond donors (Lipinski definition) is 2. The van der Waals surface area contributed by atoms with Gasteiger partial charge in [-0.25, -0.2) is 14.6 Å². The van der Waals surface area contributed by atoms with Crippen molar-refractivity contribution in [1.29, 1.82) is 0 Å². The average molecular weight is 386 g/mol. The zero-order valence-corrected chi connectivity index (χ0v) is 16.4. The third kappa shape index (κ3) is 4.08. The first-order valence-corrected chi connectivity index (χ1v) is 9.37. The Morgan fingerprint density at radius 2 is 1.90 bits per heavy atom. The van der Waals surface area contributed by atoms with E-state index in [4.69, 9.17) is 5.73 Å². The largest absolute Gasteiger partial charge is 0.384 e. The van der Waals surface area contributed by atoms with Gasteiger partial charge in [0.2, 0.25) is 5.82 Å². The quantitative estimate of drug-likeness (QED) is 0.549. The number of aryl methyl sites for hydroxylation is 2. The Labute approximate surface area is 168 Å². The fourth-order valence-corrected chi connectivity index (χ4v) is 3.40. The normalized spacial score (nSPS) is 11.0. The maximum atomic E-state index is 12.5.